The number of halogens is 1. The summed E-state index contributed by atoms with van der Waals surface area (Å²) in [5.41, 5.74) is 1.63. The first-order chi connectivity index (χ1) is 17.6. The maximum atomic E-state index is 14.7. The van der Waals surface area contributed by atoms with Crippen LogP contribution in [0.2, 0.25) is 0 Å². The standard InChI is InChI=1S/C24H25FN6O5/c1-33-21-3-2-17-22(27-21)15(16(25)11-26-17)5-7-30-6-4-14-12-31(24(32)36-19(14)13-30)20-10-18-23(29-28-20)35-9-8-34-18/h2-3,10-11,14,19H,4-9,12-13H2,1H3/t14-,19+/m1/s1. The molecule has 0 aromatic carbocycles. The smallest absolute Gasteiger partial charge is 0.415 e. The number of nitrogens with zero attached hydrogens (tertiary/aromatic N) is 6. The number of rotatable bonds is 5. The number of hydrogen-bond acceptors (Lipinski definition) is 10. The number of carbonyl (C=O) groups is 1. The summed E-state index contributed by atoms with van der Waals surface area (Å²) in [6, 6.07) is 5.14. The van der Waals surface area contributed by atoms with Crippen LogP contribution in [0.4, 0.5) is 15.0 Å². The third-order valence-electron chi connectivity index (χ3n) is 6.87. The number of amides is 1. The molecule has 2 fully saturated rings. The molecule has 0 saturated carbocycles. The minimum Gasteiger partial charge on any atom is -0.484 e. The van der Waals surface area contributed by atoms with E-state index in [0.717, 1.165) is 13.0 Å². The molecule has 0 unspecified atom stereocenters. The Morgan fingerprint density at radius 2 is 2.08 bits per heavy atom. The zero-order chi connectivity index (χ0) is 24.6. The van der Waals surface area contributed by atoms with Crippen LogP contribution < -0.4 is 19.1 Å². The Morgan fingerprint density at radius 1 is 1.19 bits per heavy atom. The van der Waals surface area contributed by atoms with Crippen molar-refractivity contribution in [1.29, 1.82) is 0 Å². The summed E-state index contributed by atoms with van der Waals surface area (Å²) in [7, 11) is 1.53. The maximum absolute atomic E-state index is 14.7. The van der Waals surface area contributed by atoms with Gasteiger partial charge in [0.15, 0.2) is 11.6 Å². The van der Waals surface area contributed by atoms with Gasteiger partial charge in [-0.15, -0.1) is 10.2 Å². The van der Waals surface area contributed by atoms with E-state index in [1.807, 2.05) is 0 Å². The molecular weight excluding hydrogens is 471 g/mol. The SMILES string of the molecule is COc1ccc2ncc(F)c(CCN3CC[C@@H]4CN(c5cc6c(nn5)OCCO6)C(=O)O[C@H]4C3)c2n1. The highest BCUT2D eigenvalue weighted by Gasteiger charge is 2.40. The molecule has 0 aliphatic carbocycles. The van der Waals surface area contributed by atoms with Gasteiger partial charge in [-0.3, -0.25) is 14.8 Å². The minimum absolute atomic E-state index is 0.151. The molecule has 3 aliphatic heterocycles. The molecule has 36 heavy (non-hydrogen) atoms. The van der Waals surface area contributed by atoms with Crippen molar-refractivity contribution in [3.63, 3.8) is 0 Å². The number of methoxy groups -OCH3 is 1. The third-order valence-corrected chi connectivity index (χ3v) is 6.87. The summed E-state index contributed by atoms with van der Waals surface area (Å²) in [6.45, 7) is 3.32. The van der Waals surface area contributed by atoms with Crippen LogP contribution in [0, 0.1) is 11.7 Å². The fraction of sp³-hybridized carbons (Fsp3) is 0.458. The van der Waals surface area contributed by atoms with E-state index in [-0.39, 0.29) is 12.0 Å². The first-order valence-corrected chi connectivity index (χ1v) is 11.9. The van der Waals surface area contributed by atoms with Gasteiger partial charge in [-0.05, 0) is 25.5 Å². The highest BCUT2D eigenvalue weighted by atomic mass is 19.1. The Morgan fingerprint density at radius 3 is 2.97 bits per heavy atom. The molecule has 0 N–H and O–H groups in total. The van der Waals surface area contributed by atoms with Gasteiger partial charge in [0.25, 0.3) is 5.88 Å². The molecule has 1 amide bonds. The molecule has 0 spiro atoms. The summed E-state index contributed by atoms with van der Waals surface area (Å²) in [4.78, 5) is 25.1. The van der Waals surface area contributed by atoms with Gasteiger partial charge in [-0.1, -0.05) is 0 Å². The van der Waals surface area contributed by atoms with Crippen LogP contribution >= 0.6 is 0 Å². The van der Waals surface area contributed by atoms with Gasteiger partial charge in [0.05, 0.1) is 24.3 Å². The van der Waals surface area contributed by atoms with Crippen LogP contribution in [0.1, 0.15) is 12.0 Å². The second-order valence-corrected chi connectivity index (χ2v) is 9.01. The number of piperidine rings is 1. The molecule has 188 valence electrons. The zero-order valence-corrected chi connectivity index (χ0v) is 19.7. The lowest BCUT2D eigenvalue weighted by molar-refractivity contribution is -0.00672. The average Bonchev–Trinajstić information content (AvgIpc) is 2.91. The topological polar surface area (TPSA) is 112 Å². The van der Waals surface area contributed by atoms with Crippen molar-refractivity contribution in [3.8, 4) is 17.5 Å². The second-order valence-electron chi connectivity index (χ2n) is 9.01. The monoisotopic (exact) mass is 496 g/mol. The molecule has 0 radical (unpaired) electrons. The molecule has 2 atom stereocenters. The van der Waals surface area contributed by atoms with Crippen molar-refractivity contribution >= 4 is 22.9 Å². The number of anilines is 1. The minimum atomic E-state index is -0.466. The Balaban J connectivity index is 1.12. The van der Waals surface area contributed by atoms with Crippen molar-refractivity contribution < 1.29 is 28.1 Å². The van der Waals surface area contributed by atoms with E-state index in [0.29, 0.717) is 79.2 Å². The fourth-order valence-corrected chi connectivity index (χ4v) is 4.94. The number of ether oxygens (including phenoxy) is 4. The van der Waals surface area contributed by atoms with E-state index < -0.39 is 11.9 Å². The molecule has 6 heterocycles. The number of pyridine rings is 2. The molecule has 6 rings (SSSR count). The molecule has 11 nitrogen and oxygen atoms in total. The summed E-state index contributed by atoms with van der Waals surface area (Å²) in [5, 5.41) is 8.17. The highest BCUT2D eigenvalue weighted by molar-refractivity contribution is 5.87. The lowest BCUT2D eigenvalue weighted by Crippen LogP contribution is -2.56. The summed E-state index contributed by atoms with van der Waals surface area (Å²) < 4.78 is 36.7. The normalized spacial score (nSPS) is 21.7. The molecular formula is C24H25FN6O5. The van der Waals surface area contributed by atoms with Crippen LogP contribution in [-0.2, 0) is 11.2 Å². The van der Waals surface area contributed by atoms with Crippen molar-refractivity contribution in [2.75, 3.05) is 51.4 Å². The van der Waals surface area contributed by atoms with Crippen molar-refractivity contribution in [2.24, 2.45) is 5.92 Å². The molecule has 3 aromatic heterocycles. The van der Waals surface area contributed by atoms with Crippen LogP contribution in [-0.4, -0.2) is 83.8 Å². The van der Waals surface area contributed by atoms with E-state index in [2.05, 4.69) is 25.1 Å². The van der Waals surface area contributed by atoms with Gasteiger partial charge in [-0.25, -0.2) is 14.2 Å². The molecule has 3 aromatic rings. The summed E-state index contributed by atoms with van der Waals surface area (Å²) >= 11 is 0. The van der Waals surface area contributed by atoms with Crippen molar-refractivity contribution in [3.05, 3.63) is 35.8 Å². The van der Waals surface area contributed by atoms with Gasteiger partial charge in [0.2, 0.25) is 5.88 Å². The van der Waals surface area contributed by atoms with Crippen LogP contribution in [0.15, 0.2) is 24.4 Å². The Bertz CT molecular complexity index is 1310. The largest absolute Gasteiger partial charge is 0.484 e. The van der Waals surface area contributed by atoms with E-state index >= 15 is 0 Å². The first-order valence-electron chi connectivity index (χ1n) is 11.9. The number of carbonyl (C=O) groups excluding carboxylic acids is 1. The van der Waals surface area contributed by atoms with Gasteiger partial charge in [0.1, 0.15) is 25.1 Å². The number of hydrogen-bond donors (Lipinski definition) is 0. The summed E-state index contributed by atoms with van der Waals surface area (Å²) in [5.74, 6) is 1.36. The zero-order valence-electron chi connectivity index (χ0n) is 19.7. The number of fused-ring (bicyclic) bond motifs is 3. The van der Waals surface area contributed by atoms with Crippen LogP contribution in [0.25, 0.3) is 11.0 Å². The Hall–Kier alpha value is -3.80. The predicted molar refractivity (Wildman–Crippen MR) is 125 cm³/mol. The Labute approximate surface area is 206 Å². The van der Waals surface area contributed by atoms with Gasteiger partial charge in [0, 0.05) is 43.2 Å². The quantitative estimate of drug-likeness (QED) is 0.521. The van der Waals surface area contributed by atoms with E-state index in [9.17, 15) is 9.18 Å². The Kier molecular flexibility index (Phi) is 5.88. The van der Waals surface area contributed by atoms with Gasteiger partial charge in [-0.2, -0.15) is 0 Å². The molecule has 3 aliphatic rings. The number of likely N-dealkylation sites (tertiary alicyclic amines) is 1. The lowest BCUT2D eigenvalue weighted by Gasteiger charge is -2.43. The molecule has 0 bridgehead atoms. The van der Waals surface area contributed by atoms with Crippen LogP contribution in [0.3, 0.4) is 0 Å². The molecule has 12 heteroatoms. The highest BCUT2D eigenvalue weighted by Crippen LogP contribution is 2.34. The number of aromatic nitrogens is 4. The first kappa shape index (κ1) is 22.7. The van der Waals surface area contributed by atoms with Gasteiger partial charge < -0.3 is 18.9 Å². The van der Waals surface area contributed by atoms with E-state index in [1.165, 1.54) is 18.2 Å². The van der Waals surface area contributed by atoms with E-state index in [1.54, 1.807) is 18.2 Å². The maximum Gasteiger partial charge on any atom is 0.415 e. The third kappa shape index (κ3) is 4.21. The predicted octanol–water partition coefficient (Wildman–Crippen LogP) is 2.23. The summed E-state index contributed by atoms with van der Waals surface area (Å²) in [6.07, 6.45) is 1.81. The second kappa shape index (κ2) is 9.34. The van der Waals surface area contributed by atoms with Crippen molar-refractivity contribution in [1.82, 2.24) is 25.1 Å². The average molecular weight is 496 g/mol. The lowest BCUT2D eigenvalue weighted by atomic mass is 9.91. The van der Waals surface area contributed by atoms with E-state index in [4.69, 9.17) is 18.9 Å². The van der Waals surface area contributed by atoms with Crippen LogP contribution in [0.5, 0.6) is 17.5 Å². The van der Waals surface area contributed by atoms with Gasteiger partial charge >= 0.3 is 6.09 Å². The fourth-order valence-electron chi connectivity index (χ4n) is 4.94. The van der Waals surface area contributed by atoms with Crippen molar-refractivity contribution in [2.45, 2.75) is 18.9 Å². The molecule has 2 saturated heterocycles.